The fourth-order valence-electron chi connectivity index (χ4n) is 2.95. The van der Waals surface area contributed by atoms with Gasteiger partial charge in [0.2, 0.25) is 5.91 Å². The van der Waals surface area contributed by atoms with Crippen LogP contribution in [0.2, 0.25) is 0 Å². The maximum absolute atomic E-state index is 12.6. The number of rotatable bonds is 9. The predicted octanol–water partition coefficient (Wildman–Crippen LogP) is 4.04. The largest absolute Gasteiger partial charge is 0.462 e. The quantitative estimate of drug-likeness (QED) is 0.288. The minimum atomic E-state index is -0.569. The van der Waals surface area contributed by atoms with E-state index in [1.165, 1.54) is 18.7 Å². The topological polar surface area (TPSA) is 116 Å². The number of ether oxygens (including phenoxy) is 1. The Morgan fingerprint density at radius 3 is 2.68 bits per heavy atom. The first-order chi connectivity index (χ1) is 14.9. The number of thioether (sulfide) groups is 1. The van der Waals surface area contributed by atoms with Crippen molar-refractivity contribution >= 4 is 45.8 Å². The van der Waals surface area contributed by atoms with Crippen molar-refractivity contribution in [3.8, 4) is 11.6 Å². The Morgan fingerprint density at radius 2 is 2.06 bits per heavy atom. The molecule has 31 heavy (non-hydrogen) atoms. The molecule has 1 amide bonds. The molecule has 0 atom stereocenters. The summed E-state index contributed by atoms with van der Waals surface area (Å²) in [6.07, 6.45) is 1.56. The normalized spacial score (nSPS) is 10.8. The number of nitrogens with one attached hydrogen (secondary N) is 1. The Labute approximate surface area is 187 Å². The molecule has 0 aliphatic heterocycles. The van der Waals surface area contributed by atoms with Gasteiger partial charge in [-0.05, 0) is 45.4 Å². The molecule has 0 radical (unpaired) electrons. The zero-order valence-electron chi connectivity index (χ0n) is 17.6. The van der Waals surface area contributed by atoms with Crippen molar-refractivity contribution in [3.05, 3.63) is 34.4 Å². The van der Waals surface area contributed by atoms with Crippen LogP contribution in [0.1, 0.15) is 46.4 Å². The van der Waals surface area contributed by atoms with E-state index in [0.29, 0.717) is 38.7 Å². The highest BCUT2D eigenvalue weighted by Gasteiger charge is 2.25. The fourth-order valence-corrected chi connectivity index (χ4v) is 4.86. The van der Waals surface area contributed by atoms with E-state index in [0.717, 1.165) is 11.3 Å². The minimum absolute atomic E-state index is 0.0465. The highest BCUT2D eigenvalue weighted by molar-refractivity contribution is 7.99. The van der Waals surface area contributed by atoms with Gasteiger partial charge in [-0.25, -0.2) is 4.79 Å². The second-order valence-corrected chi connectivity index (χ2v) is 8.36. The summed E-state index contributed by atoms with van der Waals surface area (Å²) < 4.78 is 12.3. The molecule has 3 aromatic rings. The van der Waals surface area contributed by atoms with Gasteiger partial charge < -0.3 is 14.5 Å². The second-order valence-electron chi connectivity index (χ2n) is 6.40. The number of thiophene rings is 1. The molecule has 3 aromatic heterocycles. The monoisotopic (exact) mass is 462 g/mol. The molecule has 0 unspecified atom stereocenters. The van der Waals surface area contributed by atoms with Crippen molar-refractivity contribution in [2.24, 2.45) is 0 Å². The molecule has 0 bridgehead atoms. The van der Waals surface area contributed by atoms with E-state index in [1.807, 2.05) is 11.5 Å². The maximum Gasteiger partial charge on any atom is 0.341 e. The Kier molecular flexibility index (Phi) is 7.29. The van der Waals surface area contributed by atoms with Crippen LogP contribution in [0.15, 0.2) is 28.0 Å². The van der Waals surface area contributed by atoms with Crippen molar-refractivity contribution < 1.29 is 23.5 Å². The van der Waals surface area contributed by atoms with Crippen LogP contribution in [-0.4, -0.2) is 44.8 Å². The number of esters is 1. The van der Waals surface area contributed by atoms with Crippen molar-refractivity contribution in [1.29, 1.82) is 0 Å². The number of aromatic nitrogens is 3. The number of ketones is 1. The Morgan fingerprint density at radius 1 is 1.29 bits per heavy atom. The number of amides is 1. The Balaban J connectivity index is 1.75. The molecule has 0 aliphatic carbocycles. The maximum atomic E-state index is 12.6. The van der Waals surface area contributed by atoms with Gasteiger partial charge in [0.05, 0.1) is 29.1 Å². The molecule has 0 aromatic carbocycles. The second kappa shape index (κ2) is 9.92. The van der Waals surface area contributed by atoms with Crippen LogP contribution in [0.5, 0.6) is 0 Å². The van der Waals surface area contributed by atoms with Crippen LogP contribution in [0.25, 0.3) is 11.6 Å². The van der Waals surface area contributed by atoms with Crippen molar-refractivity contribution in [2.75, 3.05) is 17.7 Å². The molecule has 0 fully saturated rings. The summed E-state index contributed by atoms with van der Waals surface area (Å²) >= 11 is 2.29. The molecule has 0 aliphatic rings. The summed E-state index contributed by atoms with van der Waals surface area (Å²) in [7, 11) is 0. The SMILES string of the molecule is CCOC(=O)c1c(NC(=O)CSc2nnc(-c3ccco3)n2CC)sc(C(C)=O)c1C. The molecule has 1 N–H and O–H groups in total. The van der Waals surface area contributed by atoms with Gasteiger partial charge in [-0.1, -0.05) is 11.8 Å². The third-order valence-electron chi connectivity index (χ3n) is 4.31. The van der Waals surface area contributed by atoms with Gasteiger partial charge in [0.25, 0.3) is 0 Å². The molecule has 3 heterocycles. The van der Waals surface area contributed by atoms with Crippen molar-refractivity contribution in [2.45, 2.75) is 39.4 Å². The summed E-state index contributed by atoms with van der Waals surface area (Å²) in [4.78, 5) is 37.3. The number of carbonyl (C=O) groups excluding carboxylic acids is 3. The van der Waals surface area contributed by atoms with Crippen LogP contribution in [0.3, 0.4) is 0 Å². The Bertz CT molecular complexity index is 1100. The fraction of sp³-hybridized carbons (Fsp3) is 0.350. The molecular formula is C20H22N4O5S2. The molecule has 0 spiro atoms. The third kappa shape index (κ3) is 4.88. The van der Waals surface area contributed by atoms with E-state index in [-0.39, 0.29) is 29.6 Å². The van der Waals surface area contributed by atoms with Gasteiger partial charge in [0.15, 0.2) is 22.5 Å². The summed E-state index contributed by atoms with van der Waals surface area (Å²) in [5.41, 5.74) is 0.722. The van der Waals surface area contributed by atoms with E-state index in [1.54, 1.807) is 32.2 Å². The van der Waals surface area contributed by atoms with Crippen LogP contribution in [0.4, 0.5) is 5.00 Å². The first-order valence-electron chi connectivity index (χ1n) is 9.58. The third-order valence-corrected chi connectivity index (χ3v) is 6.58. The first-order valence-corrected chi connectivity index (χ1v) is 11.4. The summed E-state index contributed by atoms with van der Waals surface area (Å²) in [5, 5.41) is 11.9. The van der Waals surface area contributed by atoms with Crippen LogP contribution in [0, 0.1) is 6.92 Å². The molecule has 9 nitrogen and oxygen atoms in total. The lowest BCUT2D eigenvalue weighted by molar-refractivity contribution is -0.113. The van der Waals surface area contributed by atoms with Crippen molar-refractivity contribution in [1.82, 2.24) is 14.8 Å². The first kappa shape index (κ1) is 22.8. The zero-order valence-corrected chi connectivity index (χ0v) is 19.2. The lowest BCUT2D eigenvalue weighted by Crippen LogP contribution is -2.17. The van der Waals surface area contributed by atoms with Gasteiger partial charge >= 0.3 is 5.97 Å². The standard InChI is InChI=1S/C20H22N4O5S2/c1-5-24-17(13-8-7-9-29-13)22-23-20(24)30-10-14(26)21-18-15(19(27)28-6-2)11(3)16(31-18)12(4)25/h7-9H,5-6,10H2,1-4H3,(H,21,26). The predicted molar refractivity (Wildman–Crippen MR) is 118 cm³/mol. The number of hydrogen-bond acceptors (Lipinski definition) is 9. The Hall–Kier alpha value is -2.92. The van der Waals surface area contributed by atoms with Gasteiger partial charge in [-0.2, -0.15) is 0 Å². The average molecular weight is 463 g/mol. The lowest BCUT2D eigenvalue weighted by atomic mass is 10.1. The zero-order chi connectivity index (χ0) is 22.5. The summed E-state index contributed by atoms with van der Waals surface area (Å²) in [5.74, 6) is 0.142. The minimum Gasteiger partial charge on any atom is -0.462 e. The van der Waals surface area contributed by atoms with Crippen molar-refractivity contribution in [3.63, 3.8) is 0 Å². The molecule has 0 saturated carbocycles. The number of furan rings is 1. The number of hydrogen-bond donors (Lipinski definition) is 1. The molecule has 164 valence electrons. The molecular weight excluding hydrogens is 440 g/mol. The lowest BCUT2D eigenvalue weighted by Gasteiger charge is -2.08. The van der Waals surface area contributed by atoms with Crippen LogP contribution < -0.4 is 5.32 Å². The van der Waals surface area contributed by atoms with Crippen LogP contribution >= 0.6 is 23.1 Å². The van der Waals surface area contributed by atoms with E-state index < -0.39 is 5.97 Å². The number of nitrogens with zero attached hydrogens (tertiary/aromatic N) is 3. The number of anilines is 1. The summed E-state index contributed by atoms with van der Waals surface area (Å²) in [6, 6.07) is 3.56. The van der Waals surface area contributed by atoms with Gasteiger partial charge in [-0.3, -0.25) is 14.2 Å². The van der Waals surface area contributed by atoms with Gasteiger partial charge in [0.1, 0.15) is 5.00 Å². The van der Waals surface area contributed by atoms with Crippen LogP contribution in [-0.2, 0) is 16.1 Å². The molecule has 3 rings (SSSR count). The van der Waals surface area contributed by atoms with E-state index >= 15 is 0 Å². The van der Waals surface area contributed by atoms with E-state index in [9.17, 15) is 14.4 Å². The molecule has 11 heteroatoms. The summed E-state index contributed by atoms with van der Waals surface area (Å²) in [6.45, 7) is 7.53. The molecule has 0 saturated heterocycles. The van der Waals surface area contributed by atoms with Gasteiger partial charge in [-0.15, -0.1) is 21.5 Å². The highest BCUT2D eigenvalue weighted by atomic mass is 32.2. The number of Topliss-reactive ketones (excluding diaryl/α,β-unsaturated/α-hetero) is 1. The van der Waals surface area contributed by atoms with E-state index in [2.05, 4.69) is 15.5 Å². The highest BCUT2D eigenvalue weighted by Crippen LogP contribution is 2.34. The smallest absolute Gasteiger partial charge is 0.341 e. The number of carbonyl (C=O) groups is 3. The average Bonchev–Trinajstić information content (AvgIpc) is 3.44. The van der Waals surface area contributed by atoms with E-state index in [4.69, 9.17) is 9.15 Å². The van der Waals surface area contributed by atoms with Gasteiger partial charge in [0, 0.05) is 6.54 Å².